The number of hydrogen-bond acceptors (Lipinski definition) is 4. The molecule has 2 aromatic rings. The molecule has 1 aliphatic heterocycles. The van der Waals surface area contributed by atoms with E-state index < -0.39 is 11.2 Å². The van der Waals surface area contributed by atoms with Crippen LogP contribution in [-0.4, -0.2) is 45.5 Å². The summed E-state index contributed by atoms with van der Waals surface area (Å²) in [6, 6.07) is 15.4. The Balaban J connectivity index is 1.34. The van der Waals surface area contributed by atoms with E-state index in [9.17, 15) is 15.3 Å². The van der Waals surface area contributed by atoms with Gasteiger partial charge in [-0.05, 0) is 41.7 Å². The second-order valence-electron chi connectivity index (χ2n) is 8.89. The fraction of sp³-hybridized carbons (Fsp3) is 0.478. The lowest BCUT2D eigenvalue weighted by Gasteiger charge is -2.46. The van der Waals surface area contributed by atoms with Crippen molar-refractivity contribution in [2.24, 2.45) is 11.8 Å². The molecule has 0 aromatic heterocycles. The minimum atomic E-state index is -0.865. The third kappa shape index (κ3) is 2.78. The van der Waals surface area contributed by atoms with Crippen LogP contribution in [0.3, 0.4) is 0 Å². The molecular weight excluding hydrogens is 338 g/mol. The van der Waals surface area contributed by atoms with Crippen molar-refractivity contribution in [1.82, 2.24) is 4.90 Å². The second kappa shape index (κ2) is 6.06. The molecule has 3 aliphatic rings. The van der Waals surface area contributed by atoms with Gasteiger partial charge in [0.05, 0.1) is 11.2 Å². The highest BCUT2D eigenvalue weighted by atomic mass is 16.3. The topological polar surface area (TPSA) is 63.9 Å². The van der Waals surface area contributed by atoms with Crippen molar-refractivity contribution in [1.29, 1.82) is 0 Å². The van der Waals surface area contributed by atoms with Crippen molar-refractivity contribution >= 4 is 0 Å². The van der Waals surface area contributed by atoms with E-state index in [1.165, 1.54) is 11.1 Å². The van der Waals surface area contributed by atoms with E-state index in [1.54, 1.807) is 12.1 Å². The highest BCUT2D eigenvalue weighted by Crippen LogP contribution is 2.52. The summed E-state index contributed by atoms with van der Waals surface area (Å²) < 4.78 is 0. The zero-order valence-electron chi connectivity index (χ0n) is 15.5. The summed E-state index contributed by atoms with van der Waals surface area (Å²) in [6.45, 7) is 2.24. The Bertz CT molecular complexity index is 825. The van der Waals surface area contributed by atoms with Gasteiger partial charge in [0.1, 0.15) is 5.75 Å². The van der Waals surface area contributed by atoms with Gasteiger partial charge >= 0.3 is 0 Å². The highest BCUT2D eigenvalue weighted by molar-refractivity contribution is 5.36. The number of hydrogen-bond donors (Lipinski definition) is 3. The van der Waals surface area contributed by atoms with Gasteiger partial charge in [-0.15, -0.1) is 0 Å². The zero-order valence-corrected chi connectivity index (χ0v) is 15.5. The number of β-amino-alcohol motifs (C(OH)–C–C–N with tert-alkyl or cyclic N) is 1. The van der Waals surface area contributed by atoms with Crippen LogP contribution in [0.15, 0.2) is 48.5 Å². The third-order valence-corrected chi connectivity index (χ3v) is 7.05. The van der Waals surface area contributed by atoms with E-state index in [4.69, 9.17) is 0 Å². The number of aliphatic hydroxyl groups is 2. The Hall–Kier alpha value is -1.88. The molecule has 1 saturated carbocycles. The molecule has 2 unspecified atom stereocenters. The van der Waals surface area contributed by atoms with E-state index in [0.29, 0.717) is 19.4 Å². The molecule has 4 nitrogen and oxygen atoms in total. The summed E-state index contributed by atoms with van der Waals surface area (Å²) >= 11 is 0. The number of rotatable bonds is 3. The molecule has 4 heteroatoms. The van der Waals surface area contributed by atoms with Crippen molar-refractivity contribution in [3.63, 3.8) is 0 Å². The van der Waals surface area contributed by atoms with Gasteiger partial charge < -0.3 is 15.3 Å². The molecule has 5 rings (SSSR count). The van der Waals surface area contributed by atoms with Gasteiger partial charge in [-0.3, -0.25) is 4.90 Å². The molecule has 3 N–H and O–H groups in total. The van der Waals surface area contributed by atoms with Gasteiger partial charge in [0, 0.05) is 44.3 Å². The standard InChI is InChI=1S/C23H27NO3/c25-21-7-3-6-18(10-21)23(27)19-8-9-20(23)14-24(13-19)15-22(26)11-16-4-1-2-5-17(16)12-22/h1-7,10,19-20,25-27H,8-9,11-15H2. The number of piperidine rings is 1. The highest BCUT2D eigenvalue weighted by Gasteiger charge is 2.54. The average molecular weight is 365 g/mol. The summed E-state index contributed by atoms with van der Waals surface area (Å²) in [4.78, 5) is 2.35. The fourth-order valence-corrected chi connectivity index (χ4v) is 5.89. The van der Waals surface area contributed by atoms with E-state index in [-0.39, 0.29) is 17.6 Å². The summed E-state index contributed by atoms with van der Waals surface area (Å²) in [6.07, 6.45) is 3.41. The Morgan fingerprint density at radius 3 is 2.11 bits per heavy atom. The smallest absolute Gasteiger partial charge is 0.115 e. The van der Waals surface area contributed by atoms with Gasteiger partial charge in [0.15, 0.2) is 0 Å². The van der Waals surface area contributed by atoms with Crippen LogP contribution < -0.4 is 0 Å². The monoisotopic (exact) mass is 365 g/mol. The first-order chi connectivity index (χ1) is 13.0. The number of fused-ring (bicyclic) bond motifs is 3. The number of likely N-dealkylation sites (tertiary alicyclic amines) is 1. The van der Waals surface area contributed by atoms with E-state index in [1.807, 2.05) is 24.3 Å². The Morgan fingerprint density at radius 2 is 1.52 bits per heavy atom. The van der Waals surface area contributed by atoms with Crippen molar-refractivity contribution in [2.45, 2.75) is 36.9 Å². The minimum Gasteiger partial charge on any atom is -0.508 e. The molecule has 2 fully saturated rings. The Morgan fingerprint density at radius 1 is 0.889 bits per heavy atom. The van der Waals surface area contributed by atoms with Crippen LogP contribution in [0.1, 0.15) is 29.5 Å². The normalized spacial score (nSPS) is 31.8. The molecule has 0 radical (unpaired) electrons. The lowest BCUT2D eigenvalue weighted by molar-refractivity contribution is -0.104. The Kier molecular flexibility index (Phi) is 3.87. The van der Waals surface area contributed by atoms with Crippen molar-refractivity contribution in [3.05, 3.63) is 65.2 Å². The molecule has 2 aromatic carbocycles. The second-order valence-corrected chi connectivity index (χ2v) is 8.89. The van der Waals surface area contributed by atoms with Gasteiger partial charge in [0.2, 0.25) is 0 Å². The number of phenols is 1. The quantitative estimate of drug-likeness (QED) is 0.782. The summed E-state index contributed by atoms with van der Waals surface area (Å²) in [5.74, 6) is 0.497. The van der Waals surface area contributed by atoms with Crippen LogP contribution in [-0.2, 0) is 18.4 Å². The van der Waals surface area contributed by atoms with Gasteiger partial charge in [-0.1, -0.05) is 36.4 Å². The van der Waals surface area contributed by atoms with E-state index >= 15 is 0 Å². The summed E-state index contributed by atoms with van der Waals surface area (Å²) in [5.41, 5.74) is 1.79. The molecule has 142 valence electrons. The third-order valence-electron chi connectivity index (χ3n) is 7.05. The van der Waals surface area contributed by atoms with Crippen LogP contribution in [0.25, 0.3) is 0 Å². The van der Waals surface area contributed by atoms with E-state index in [0.717, 1.165) is 31.5 Å². The predicted molar refractivity (Wildman–Crippen MR) is 103 cm³/mol. The maximum absolute atomic E-state index is 11.6. The molecular formula is C23H27NO3. The number of phenolic OH excluding ortho intramolecular Hbond substituents is 1. The molecule has 0 amide bonds. The number of aromatic hydroxyl groups is 1. The fourth-order valence-electron chi connectivity index (χ4n) is 5.89. The van der Waals surface area contributed by atoms with Crippen molar-refractivity contribution in [2.75, 3.05) is 19.6 Å². The molecule has 1 saturated heterocycles. The van der Waals surface area contributed by atoms with Gasteiger partial charge in [-0.25, -0.2) is 0 Å². The summed E-state index contributed by atoms with van der Waals surface area (Å²) in [7, 11) is 0. The van der Waals surface area contributed by atoms with Gasteiger partial charge in [-0.2, -0.15) is 0 Å². The maximum atomic E-state index is 11.6. The van der Waals surface area contributed by atoms with Crippen molar-refractivity contribution < 1.29 is 15.3 Å². The predicted octanol–water partition coefficient (Wildman–Crippen LogP) is 2.45. The lowest BCUT2D eigenvalue weighted by atomic mass is 9.75. The largest absolute Gasteiger partial charge is 0.508 e. The van der Waals surface area contributed by atoms with Crippen LogP contribution in [0, 0.1) is 11.8 Å². The van der Waals surface area contributed by atoms with E-state index in [2.05, 4.69) is 17.0 Å². The van der Waals surface area contributed by atoms with Crippen LogP contribution >= 0.6 is 0 Å². The van der Waals surface area contributed by atoms with Crippen LogP contribution in [0.4, 0.5) is 0 Å². The maximum Gasteiger partial charge on any atom is 0.115 e. The van der Waals surface area contributed by atoms with Crippen LogP contribution in [0.5, 0.6) is 5.75 Å². The Labute approximate surface area is 160 Å². The van der Waals surface area contributed by atoms with Crippen molar-refractivity contribution in [3.8, 4) is 5.75 Å². The number of nitrogens with zero attached hydrogens (tertiary/aromatic N) is 1. The first-order valence-electron chi connectivity index (χ1n) is 10.00. The molecule has 2 bridgehead atoms. The average Bonchev–Trinajstić information content (AvgIpc) is 3.03. The number of benzene rings is 2. The first kappa shape index (κ1) is 17.2. The SMILES string of the molecule is Oc1cccc(C2(O)C3CCC2CN(CC2(O)Cc4ccccc4C2)C3)c1. The minimum absolute atomic E-state index is 0.144. The summed E-state index contributed by atoms with van der Waals surface area (Å²) in [5, 5.41) is 32.6. The first-order valence-corrected chi connectivity index (χ1v) is 10.00. The zero-order chi connectivity index (χ0) is 18.6. The molecule has 2 aliphatic carbocycles. The molecule has 0 spiro atoms. The van der Waals surface area contributed by atoms with Gasteiger partial charge in [0.25, 0.3) is 0 Å². The molecule has 2 atom stereocenters. The molecule has 1 heterocycles. The lowest BCUT2D eigenvalue weighted by Crippen LogP contribution is -2.55. The van der Waals surface area contributed by atoms with Crippen LogP contribution in [0.2, 0.25) is 0 Å². The molecule has 27 heavy (non-hydrogen) atoms.